The molecular weight excluding hydrogens is 713 g/mol. The number of ether oxygens (including phenoxy) is 2. The van der Waals surface area contributed by atoms with E-state index in [1.54, 1.807) is 36.4 Å². The summed E-state index contributed by atoms with van der Waals surface area (Å²) >= 11 is 12.2. The molecule has 6 rings (SSSR count). The predicted octanol–water partition coefficient (Wildman–Crippen LogP) is 10.2. The Labute approximate surface area is 290 Å². The fourth-order valence-electron chi connectivity index (χ4n) is 5.54. The van der Waals surface area contributed by atoms with Crippen LogP contribution in [0.1, 0.15) is 22.3 Å². The highest BCUT2D eigenvalue weighted by Crippen LogP contribution is 2.46. The van der Waals surface area contributed by atoms with E-state index in [1.807, 2.05) is 26.0 Å². The maximum atomic E-state index is 13.3. The van der Waals surface area contributed by atoms with Crippen LogP contribution in [0.3, 0.4) is 0 Å². The molecule has 2 N–H and O–H groups in total. The van der Waals surface area contributed by atoms with Gasteiger partial charge in [0.15, 0.2) is 0 Å². The average molecular weight is 737 g/mol. The predicted molar refractivity (Wildman–Crippen MR) is 175 cm³/mol. The number of benzene rings is 4. The van der Waals surface area contributed by atoms with Crippen LogP contribution in [0.25, 0.3) is 34.4 Å². The van der Waals surface area contributed by atoms with E-state index >= 15 is 0 Å². The number of aliphatic carboxylic acids is 2. The fraction of sp³-hybridized carbons (Fsp3) is 0.167. The third kappa shape index (κ3) is 7.46. The molecule has 2 heterocycles. The van der Waals surface area contributed by atoms with E-state index in [0.29, 0.717) is 22.3 Å². The Balaban J connectivity index is 0.000000194. The van der Waals surface area contributed by atoms with Crippen molar-refractivity contribution in [2.24, 2.45) is 0 Å². The number of hydrogen-bond acceptors (Lipinski definition) is 4. The molecule has 1 unspecified atom stereocenters. The van der Waals surface area contributed by atoms with Crippen LogP contribution in [-0.4, -0.2) is 46.7 Å². The van der Waals surface area contributed by atoms with Crippen LogP contribution in [0.2, 0.25) is 10.0 Å². The van der Waals surface area contributed by atoms with Crippen molar-refractivity contribution in [3.8, 4) is 33.8 Å². The Hall–Kier alpha value is -4.94. The first kappa shape index (κ1) is 36.3. The Kier molecular flexibility index (Phi) is 10.00. The van der Waals surface area contributed by atoms with E-state index in [1.165, 1.54) is 24.3 Å². The number of rotatable bonds is 4. The van der Waals surface area contributed by atoms with Crippen molar-refractivity contribution in [1.82, 2.24) is 0 Å². The number of fused-ring (bicyclic) bond motifs is 2. The first-order valence-corrected chi connectivity index (χ1v) is 15.3. The van der Waals surface area contributed by atoms with E-state index in [2.05, 4.69) is 0 Å². The third-order valence-corrected chi connectivity index (χ3v) is 8.22. The molecule has 50 heavy (non-hydrogen) atoms. The molecule has 2 aliphatic rings. The van der Waals surface area contributed by atoms with Crippen molar-refractivity contribution in [2.75, 3.05) is 0 Å². The van der Waals surface area contributed by atoms with Crippen LogP contribution in [0.15, 0.2) is 83.9 Å². The summed E-state index contributed by atoms with van der Waals surface area (Å²) in [6.07, 6.45) is -12.9. The number of alkyl halides is 6. The monoisotopic (exact) mass is 736 g/mol. The van der Waals surface area contributed by atoms with Crippen LogP contribution >= 0.6 is 23.2 Å². The molecule has 14 heteroatoms. The van der Waals surface area contributed by atoms with E-state index in [0.717, 1.165) is 23.3 Å². The zero-order chi connectivity index (χ0) is 36.7. The van der Waals surface area contributed by atoms with Gasteiger partial charge in [0.25, 0.3) is 0 Å². The standard InChI is InChI=1S/2C18H12ClF3O3/c2*1-9-4-2-3-5-12(9)13-8-11(19)6-10-7-14(17(23)24)16(18(20,21)22)25-15(10)13/h2*2-8,16H,1H3,(H,23,24)/t16-;/m0./s1. The van der Waals surface area contributed by atoms with Gasteiger partial charge in [0, 0.05) is 32.3 Å². The summed E-state index contributed by atoms with van der Waals surface area (Å²) in [5.41, 5.74) is 2.39. The molecule has 0 saturated heterocycles. The van der Waals surface area contributed by atoms with Crippen LogP contribution in [-0.2, 0) is 9.59 Å². The molecule has 260 valence electrons. The Bertz CT molecular complexity index is 1920. The van der Waals surface area contributed by atoms with Gasteiger partial charge in [-0.3, -0.25) is 0 Å². The summed E-state index contributed by atoms with van der Waals surface area (Å²) in [4.78, 5) is 22.5. The van der Waals surface area contributed by atoms with Gasteiger partial charge in [-0.05, 0) is 72.5 Å². The lowest BCUT2D eigenvalue weighted by Crippen LogP contribution is -2.40. The largest absolute Gasteiger partial charge is 0.478 e. The fourth-order valence-corrected chi connectivity index (χ4v) is 5.99. The van der Waals surface area contributed by atoms with Crippen molar-refractivity contribution >= 4 is 47.3 Å². The normalized spacial score (nSPS) is 16.7. The van der Waals surface area contributed by atoms with Crippen LogP contribution in [0.5, 0.6) is 11.5 Å². The van der Waals surface area contributed by atoms with Crippen molar-refractivity contribution in [1.29, 1.82) is 0 Å². The van der Waals surface area contributed by atoms with Crippen molar-refractivity contribution in [3.63, 3.8) is 0 Å². The summed E-state index contributed by atoms with van der Waals surface area (Å²) in [5, 5.41) is 18.8. The first-order chi connectivity index (χ1) is 23.4. The van der Waals surface area contributed by atoms with Gasteiger partial charge in [-0.2, -0.15) is 26.3 Å². The average Bonchev–Trinajstić information content (AvgIpc) is 3.02. The van der Waals surface area contributed by atoms with Gasteiger partial charge in [-0.1, -0.05) is 71.7 Å². The highest BCUT2D eigenvalue weighted by Gasteiger charge is 2.50. The van der Waals surface area contributed by atoms with E-state index in [9.17, 15) is 35.9 Å². The lowest BCUT2D eigenvalue weighted by Gasteiger charge is -2.29. The molecule has 0 amide bonds. The number of halogens is 8. The summed E-state index contributed by atoms with van der Waals surface area (Å²) in [7, 11) is 0. The molecule has 0 aliphatic carbocycles. The van der Waals surface area contributed by atoms with Gasteiger partial charge >= 0.3 is 24.3 Å². The second-order valence-electron chi connectivity index (χ2n) is 11.3. The minimum atomic E-state index is -4.86. The number of carboxylic acid groups (broad SMARTS) is 2. The third-order valence-electron chi connectivity index (χ3n) is 7.78. The van der Waals surface area contributed by atoms with Gasteiger partial charge in [0.1, 0.15) is 11.5 Å². The molecular formula is C36H24Cl2F6O6. The zero-order valence-corrected chi connectivity index (χ0v) is 27.3. The number of carboxylic acids is 2. The molecule has 0 fully saturated rings. The highest BCUT2D eigenvalue weighted by atomic mass is 35.5. The lowest BCUT2D eigenvalue weighted by molar-refractivity contribution is -0.187. The van der Waals surface area contributed by atoms with E-state index < -0.39 is 47.6 Å². The van der Waals surface area contributed by atoms with Crippen LogP contribution in [0, 0.1) is 13.8 Å². The summed E-state index contributed by atoms with van der Waals surface area (Å²) in [6.45, 7) is 3.62. The quantitative estimate of drug-likeness (QED) is 0.203. The van der Waals surface area contributed by atoms with Crippen molar-refractivity contribution in [2.45, 2.75) is 38.4 Å². The minimum absolute atomic E-state index is 0.0361. The SMILES string of the molecule is Cc1ccccc1-c1cc(Cl)cc2c1OC(C(F)(F)F)C(C(=O)O)=C2.Cc1ccccc1-c1cc(Cl)cc2c1O[C@H](C(F)(F)F)C(C(=O)O)=C2. The maximum absolute atomic E-state index is 13.3. The Morgan fingerprint density at radius 3 is 1.24 bits per heavy atom. The van der Waals surface area contributed by atoms with Gasteiger partial charge in [-0.25, -0.2) is 9.59 Å². The van der Waals surface area contributed by atoms with E-state index in [4.69, 9.17) is 42.9 Å². The first-order valence-electron chi connectivity index (χ1n) is 14.5. The Morgan fingerprint density at radius 2 is 0.940 bits per heavy atom. The minimum Gasteiger partial charge on any atom is -0.478 e. The van der Waals surface area contributed by atoms with E-state index in [-0.39, 0.29) is 32.7 Å². The molecule has 0 spiro atoms. The molecule has 4 aromatic rings. The highest BCUT2D eigenvalue weighted by molar-refractivity contribution is 6.31. The molecule has 2 aliphatic heterocycles. The van der Waals surface area contributed by atoms with Crippen LogP contribution in [0.4, 0.5) is 26.3 Å². The second-order valence-corrected chi connectivity index (χ2v) is 12.1. The molecule has 6 nitrogen and oxygen atoms in total. The van der Waals surface area contributed by atoms with Gasteiger partial charge in [0.05, 0.1) is 11.1 Å². The van der Waals surface area contributed by atoms with Gasteiger partial charge in [0.2, 0.25) is 12.2 Å². The summed E-state index contributed by atoms with van der Waals surface area (Å²) < 4.78 is 90.0. The molecule has 4 aromatic carbocycles. The summed E-state index contributed by atoms with van der Waals surface area (Å²) in [6, 6.07) is 20.0. The number of aryl methyl sites for hydroxylation is 2. The molecule has 0 aromatic heterocycles. The number of hydrogen-bond donors (Lipinski definition) is 2. The Morgan fingerprint density at radius 1 is 0.600 bits per heavy atom. The second kappa shape index (κ2) is 13.8. The van der Waals surface area contributed by atoms with Gasteiger partial charge < -0.3 is 19.7 Å². The molecule has 0 bridgehead atoms. The summed E-state index contributed by atoms with van der Waals surface area (Å²) in [5.74, 6) is -3.45. The van der Waals surface area contributed by atoms with Crippen molar-refractivity contribution in [3.05, 3.63) is 116 Å². The van der Waals surface area contributed by atoms with Gasteiger partial charge in [-0.15, -0.1) is 0 Å². The maximum Gasteiger partial charge on any atom is 0.430 e. The number of carbonyl (C=O) groups is 2. The topological polar surface area (TPSA) is 93.1 Å². The molecule has 2 atom stereocenters. The molecule has 0 radical (unpaired) electrons. The molecule has 0 saturated carbocycles. The smallest absolute Gasteiger partial charge is 0.430 e. The van der Waals surface area contributed by atoms with Crippen molar-refractivity contribution < 1.29 is 55.6 Å². The van der Waals surface area contributed by atoms with Crippen LogP contribution < -0.4 is 9.47 Å². The lowest BCUT2D eigenvalue weighted by atomic mass is 9.94. The zero-order valence-electron chi connectivity index (χ0n) is 25.8.